The topological polar surface area (TPSA) is 62.1 Å². The molecule has 0 saturated carbocycles. The third-order valence-electron chi connectivity index (χ3n) is 3.88. The van der Waals surface area contributed by atoms with E-state index >= 15 is 0 Å². The van der Waals surface area contributed by atoms with Crippen LogP contribution in [0.4, 0.5) is 14.5 Å². The zero-order valence-corrected chi connectivity index (χ0v) is 14.5. The number of hydrogen-bond donors (Lipinski definition) is 1. The fourth-order valence-corrected chi connectivity index (χ4v) is 2.92. The number of anilines is 1. The first-order chi connectivity index (χ1) is 12.3. The summed E-state index contributed by atoms with van der Waals surface area (Å²) in [5.74, 6) is -1.54. The van der Waals surface area contributed by atoms with Gasteiger partial charge in [-0.2, -0.15) is 0 Å². The Labute approximate surface area is 153 Å². The zero-order valence-electron chi connectivity index (χ0n) is 13.7. The normalized spacial score (nSPS) is 17.2. The second-order valence-corrected chi connectivity index (χ2v) is 6.16. The van der Waals surface area contributed by atoms with Crippen LogP contribution in [0.1, 0.15) is 18.9 Å². The summed E-state index contributed by atoms with van der Waals surface area (Å²) < 4.78 is 32.0. The van der Waals surface area contributed by atoms with Gasteiger partial charge in [0.05, 0.1) is 10.7 Å². The molecule has 3 rings (SSSR count). The van der Waals surface area contributed by atoms with Crippen LogP contribution in [-0.4, -0.2) is 23.1 Å². The Kier molecular flexibility index (Phi) is 5.08. The van der Waals surface area contributed by atoms with Crippen LogP contribution >= 0.6 is 11.6 Å². The van der Waals surface area contributed by atoms with Crippen LogP contribution in [0.5, 0.6) is 5.75 Å². The average molecular weight is 381 g/mol. The Bertz CT molecular complexity index is 889. The second kappa shape index (κ2) is 7.29. The van der Waals surface area contributed by atoms with Crippen molar-refractivity contribution in [1.82, 2.24) is 0 Å². The molecule has 1 unspecified atom stereocenters. The summed E-state index contributed by atoms with van der Waals surface area (Å²) >= 11 is 6.10. The number of benzene rings is 2. The van der Waals surface area contributed by atoms with Crippen LogP contribution in [0.2, 0.25) is 5.02 Å². The smallest absolute Gasteiger partial charge is 0.238 e. The molecular weight excluding hydrogens is 366 g/mol. The highest BCUT2D eigenvalue weighted by Crippen LogP contribution is 2.32. The minimum atomic E-state index is -0.724. The van der Waals surface area contributed by atoms with Gasteiger partial charge in [0.1, 0.15) is 36.6 Å². The summed E-state index contributed by atoms with van der Waals surface area (Å²) in [5, 5.41) is 9.66. The quantitative estimate of drug-likeness (QED) is 0.874. The molecular formula is C18H15ClF2N2O3. The highest BCUT2D eigenvalue weighted by atomic mass is 35.5. The number of aliphatic imine (C=N–C) groups is 1. The number of nitrogens with zero attached hydrogens (tertiary/aromatic N) is 2. The third kappa shape index (κ3) is 3.77. The number of hydrogen-bond acceptors (Lipinski definition) is 4. The lowest BCUT2D eigenvalue weighted by Gasteiger charge is -2.31. The van der Waals surface area contributed by atoms with Crippen LogP contribution in [-0.2, 0) is 16.1 Å². The number of phenols is 1. The lowest BCUT2D eigenvalue weighted by molar-refractivity contribution is -0.118. The number of phenolic OH excluding ortho intramolecular Hbond substituents is 1. The van der Waals surface area contributed by atoms with Crippen molar-refractivity contribution in [2.24, 2.45) is 4.99 Å². The molecule has 1 N–H and O–H groups in total. The van der Waals surface area contributed by atoms with Gasteiger partial charge in [0.15, 0.2) is 5.90 Å². The van der Waals surface area contributed by atoms with Gasteiger partial charge >= 0.3 is 0 Å². The summed E-state index contributed by atoms with van der Waals surface area (Å²) in [6.07, 6.45) is -0.712. The van der Waals surface area contributed by atoms with Crippen LogP contribution in [0.3, 0.4) is 0 Å². The molecule has 0 bridgehead atoms. The SMILES string of the molecule is CC1N=C(OCc2ccc(F)cc2F)CC(=O)N1c1ccc(O)cc1Cl. The van der Waals surface area contributed by atoms with Gasteiger partial charge in [-0.1, -0.05) is 11.6 Å². The maximum Gasteiger partial charge on any atom is 0.238 e. The molecule has 136 valence electrons. The van der Waals surface area contributed by atoms with E-state index in [1.165, 1.54) is 29.2 Å². The van der Waals surface area contributed by atoms with E-state index in [1.807, 2.05) is 0 Å². The van der Waals surface area contributed by atoms with Gasteiger partial charge in [0.25, 0.3) is 0 Å². The first kappa shape index (κ1) is 18.1. The number of ether oxygens (including phenoxy) is 1. The van der Waals surface area contributed by atoms with Gasteiger partial charge < -0.3 is 9.84 Å². The van der Waals surface area contributed by atoms with Crippen molar-refractivity contribution in [3.63, 3.8) is 0 Å². The molecule has 1 aliphatic rings. The van der Waals surface area contributed by atoms with E-state index < -0.39 is 17.8 Å². The third-order valence-corrected chi connectivity index (χ3v) is 4.18. The van der Waals surface area contributed by atoms with Gasteiger partial charge in [-0.25, -0.2) is 13.8 Å². The summed E-state index contributed by atoms with van der Waals surface area (Å²) in [4.78, 5) is 18.2. The van der Waals surface area contributed by atoms with E-state index in [1.54, 1.807) is 6.92 Å². The summed E-state index contributed by atoms with van der Waals surface area (Å²) in [5.41, 5.74) is 0.590. The summed E-state index contributed by atoms with van der Waals surface area (Å²) in [7, 11) is 0. The van der Waals surface area contributed by atoms with Crippen molar-refractivity contribution in [1.29, 1.82) is 0 Å². The maximum atomic E-state index is 13.6. The molecule has 1 amide bonds. The number of aromatic hydroxyl groups is 1. The molecule has 0 aliphatic carbocycles. The minimum absolute atomic E-state index is 0.00953. The summed E-state index contributed by atoms with van der Waals surface area (Å²) in [6, 6.07) is 7.47. The van der Waals surface area contributed by atoms with E-state index in [9.17, 15) is 18.7 Å². The Morgan fingerprint density at radius 1 is 1.31 bits per heavy atom. The van der Waals surface area contributed by atoms with Crippen LogP contribution in [0.15, 0.2) is 41.4 Å². The van der Waals surface area contributed by atoms with Gasteiger partial charge in [0, 0.05) is 17.7 Å². The molecule has 0 fully saturated rings. The van der Waals surface area contributed by atoms with E-state index in [4.69, 9.17) is 16.3 Å². The standard InChI is InChI=1S/C18H15ClF2N2O3/c1-10-22-17(26-9-11-2-3-12(20)6-15(11)21)8-18(25)23(10)16-5-4-13(24)7-14(16)19/h2-7,10,24H,8-9H2,1H3. The Balaban J connectivity index is 1.75. The number of rotatable bonds is 3. The second-order valence-electron chi connectivity index (χ2n) is 5.76. The predicted octanol–water partition coefficient (Wildman–Crippen LogP) is 4.02. The van der Waals surface area contributed by atoms with Crippen molar-refractivity contribution in [3.05, 3.63) is 58.6 Å². The highest BCUT2D eigenvalue weighted by Gasteiger charge is 2.30. The molecule has 0 spiro atoms. The Morgan fingerprint density at radius 3 is 2.73 bits per heavy atom. The molecule has 5 nitrogen and oxygen atoms in total. The lowest BCUT2D eigenvalue weighted by Crippen LogP contribution is -2.43. The molecule has 2 aromatic carbocycles. The zero-order chi connectivity index (χ0) is 18.8. The largest absolute Gasteiger partial charge is 0.508 e. The van der Waals surface area contributed by atoms with Gasteiger partial charge in [0.2, 0.25) is 5.91 Å². The molecule has 1 heterocycles. The Hall–Kier alpha value is -2.67. The Morgan fingerprint density at radius 2 is 2.08 bits per heavy atom. The number of halogens is 3. The van der Waals surface area contributed by atoms with E-state index in [2.05, 4.69) is 4.99 Å². The highest BCUT2D eigenvalue weighted by molar-refractivity contribution is 6.34. The van der Waals surface area contributed by atoms with E-state index in [0.717, 1.165) is 12.1 Å². The van der Waals surface area contributed by atoms with Crippen LogP contribution in [0.25, 0.3) is 0 Å². The van der Waals surface area contributed by atoms with Crippen LogP contribution in [0, 0.1) is 11.6 Å². The molecule has 0 radical (unpaired) electrons. The minimum Gasteiger partial charge on any atom is -0.508 e. The van der Waals surface area contributed by atoms with Crippen molar-refractivity contribution in [2.45, 2.75) is 26.1 Å². The first-order valence-corrected chi connectivity index (χ1v) is 8.17. The molecule has 1 aliphatic heterocycles. The van der Waals surface area contributed by atoms with E-state index in [0.29, 0.717) is 5.69 Å². The predicted molar refractivity (Wildman–Crippen MR) is 93.3 cm³/mol. The molecule has 2 aromatic rings. The van der Waals surface area contributed by atoms with E-state index in [-0.39, 0.29) is 41.2 Å². The van der Waals surface area contributed by atoms with Crippen molar-refractivity contribution < 1.29 is 23.4 Å². The van der Waals surface area contributed by atoms with Gasteiger partial charge in [-0.15, -0.1) is 0 Å². The molecule has 0 aromatic heterocycles. The summed E-state index contributed by atoms with van der Waals surface area (Å²) in [6.45, 7) is 1.52. The van der Waals surface area contributed by atoms with Crippen molar-refractivity contribution in [3.8, 4) is 5.75 Å². The average Bonchev–Trinajstić information content (AvgIpc) is 2.55. The van der Waals surface area contributed by atoms with Crippen molar-refractivity contribution >= 4 is 29.1 Å². The fraction of sp³-hybridized carbons (Fsp3) is 0.222. The maximum absolute atomic E-state index is 13.6. The van der Waals surface area contributed by atoms with Gasteiger partial charge in [-0.05, 0) is 31.2 Å². The van der Waals surface area contributed by atoms with Crippen LogP contribution < -0.4 is 4.90 Å². The monoisotopic (exact) mass is 380 g/mol. The number of carbonyl (C=O) groups excluding carboxylic acids is 1. The fourth-order valence-electron chi connectivity index (χ4n) is 2.65. The van der Waals surface area contributed by atoms with Gasteiger partial charge in [-0.3, -0.25) is 9.69 Å². The lowest BCUT2D eigenvalue weighted by atomic mass is 10.2. The number of amides is 1. The molecule has 8 heteroatoms. The molecule has 1 atom stereocenters. The van der Waals surface area contributed by atoms with Crippen molar-refractivity contribution in [2.75, 3.05) is 4.90 Å². The number of carbonyl (C=O) groups is 1. The molecule has 0 saturated heterocycles. The first-order valence-electron chi connectivity index (χ1n) is 7.79. The molecule has 26 heavy (non-hydrogen) atoms.